The summed E-state index contributed by atoms with van der Waals surface area (Å²) in [4.78, 5) is 8.60. The lowest BCUT2D eigenvalue weighted by molar-refractivity contribution is 1.28. The molecule has 0 aromatic carbocycles. The van der Waals surface area contributed by atoms with Gasteiger partial charge >= 0.3 is 0 Å². The van der Waals surface area contributed by atoms with Gasteiger partial charge in [-0.2, -0.15) is 0 Å². The van der Waals surface area contributed by atoms with Crippen molar-refractivity contribution in [3.63, 3.8) is 0 Å². The van der Waals surface area contributed by atoms with Crippen LogP contribution < -0.4 is 11.1 Å². The fourth-order valence-corrected chi connectivity index (χ4v) is 1.66. The molecule has 0 fully saturated rings. The van der Waals surface area contributed by atoms with Crippen LogP contribution in [0.15, 0.2) is 29.9 Å². The Morgan fingerprint density at radius 2 is 2.27 bits per heavy atom. The molecule has 0 spiro atoms. The first-order valence-electron chi connectivity index (χ1n) is 4.18. The van der Waals surface area contributed by atoms with E-state index in [0.717, 1.165) is 16.5 Å². The predicted octanol–water partition coefficient (Wildman–Crippen LogP) is 1.92. The van der Waals surface area contributed by atoms with Crippen molar-refractivity contribution >= 4 is 39.5 Å². The lowest BCUT2D eigenvalue weighted by Gasteiger charge is -2.02. The molecule has 2 rings (SSSR count). The Hall–Kier alpha value is -1.53. The maximum absolute atomic E-state index is 5.46. The fraction of sp³-hybridized carbons (Fsp3) is 0. The lowest BCUT2D eigenvalue weighted by atomic mass is 10.3. The van der Waals surface area contributed by atoms with Crippen LogP contribution in [0.4, 0.5) is 10.9 Å². The maximum Gasteiger partial charge on any atom is 0.188 e. The van der Waals surface area contributed by atoms with E-state index in [9.17, 15) is 0 Å². The number of aromatic nitrogens is 2. The Labute approximate surface area is 96.2 Å². The smallest absolute Gasteiger partial charge is 0.188 e. The van der Waals surface area contributed by atoms with Gasteiger partial charge in [0.05, 0.1) is 0 Å². The van der Waals surface area contributed by atoms with Crippen molar-refractivity contribution in [2.45, 2.75) is 0 Å². The number of hydrogen-bond donors (Lipinski definition) is 2. The molecule has 2 aromatic rings. The third-order valence-corrected chi connectivity index (χ3v) is 2.64. The summed E-state index contributed by atoms with van der Waals surface area (Å²) >= 11 is 6.34. The minimum absolute atomic E-state index is 0.350. The summed E-state index contributed by atoms with van der Waals surface area (Å²) in [5.41, 5.74) is 6.22. The molecule has 2 heterocycles. The van der Waals surface area contributed by atoms with Gasteiger partial charge in [0.1, 0.15) is 10.8 Å². The summed E-state index contributed by atoms with van der Waals surface area (Å²) in [5.74, 6) is 0.727. The van der Waals surface area contributed by atoms with Gasteiger partial charge < -0.3 is 11.1 Å². The van der Waals surface area contributed by atoms with Crippen LogP contribution in [0.2, 0.25) is 0 Å². The van der Waals surface area contributed by atoms with Gasteiger partial charge in [-0.15, -0.1) is 11.3 Å². The van der Waals surface area contributed by atoms with E-state index in [1.54, 1.807) is 12.4 Å². The monoisotopic (exact) mass is 236 g/mol. The van der Waals surface area contributed by atoms with Gasteiger partial charge in [0, 0.05) is 23.3 Å². The van der Waals surface area contributed by atoms with Crippen LogP contribution in [0.3, 0.4) is 0 Å². The molecule has 0 aliphatic heterocycles. The van der Waals surface area contributed by atoms with E-state index < -0.39 is 0 Å². The minimum Gasteiger partial charge on any atom is -0.389 e. The highest BCUT2D eigenvalue weighted by Gasteiger charge is 1.99. The number of thiocarbonyl (C=S) groups is 1. The zero-order valence-electron chi connectivity index (χ0n) is 7.68. The first kappa shape index (κ1) is 10.0. The highest BCUT2D eigenvalue weighted by molar-refractivity contribution is 7.80. The van der Waals surface area contributed by atoms with Crippen molar-refractivity contribution in [2.24, 2.45) is 5.73 Å². The van der Waals surface area contributed by atoms with Gasteiger partial charge in [-0.1, -0.05) is 12.2 Å². The van der Waals surface area contributed by atoms with Crippen LogP contribution in [0.1, 0.15) is 5.56 Å². The fourth-order valence-electron chi connectivity index (χ4n) is 1.01. The van der Waals surface area contributed by atoms with Crippen molar-refractivity contribution in [2.75, 3.05) is 5.32 Å². The molecule has 0 saturated carbocycles. The molecule has 0 bridgehead atoms. The van der Waals surface area contributed by atoms with Crippen molar-refractivity contribution in [3.8, 4) is 0 Å². The first-order valence-corrected chi connectivity index (χ1v) is 5.47. The van der Waals surface area contributed by atoms with Gasteiger partial charge in [0.25, 0.3) is 0 Å². The molecule has 6 heteroatoms. The van der Waals surface area contributed by atoms with E-state index in [0.29, 0.717) is 4.99 Å². The Bertz CT molecular complexity index is 449. The van der Waals surface area contributed by atoms with Crippen LogP contribution in [0.25, 0.3) is 0 Å². The molecular formula is C9H8N4S2. The molecule has 15 heavy (non-hydrogen) atoms. The average molecular weight is 236 g/mol. The second-order valence-electron chi connectivity index (χ2n) is 2.76. The largest absolute Gasteiger partial charge is 0.389 e. The summed E-state index contributed by atoms with van der Waals surface area (Å²) in [6.07, 6.45) is 3.37. The Kier molecular flexibility index (Phi) is 2.89. The number of nitrogens with one attached hydrogen (secondary N) is 1. The predicted molar refractivity (Wildman–Crippen MR) is 65.5 cm³/mol. The number of anilines is 2. The van der Waals surface area contributed by atoms with Crippen LogP contribution in [0.5, 0.6) is 0 Å². The van der Waals surface area contributed by atoms with Crippen molar-refractivity contribution in [3.05, 3.63) is 35.5 Å². The molecule has 0 aliphatic carbocycles. The van der Waals surface area contributed by atoms with Gasteiger partial charge in [0.15, 0.2) is 5.13 Å². The van der Waals surface area contributed by atoms with Crippen LogP contribution in [-0.2, 0) is 0 Å². The van der Waals surface area contributed by atoms with Crippen molar-refractivity contribution in [1.29, 1.82) is 0 Å². The normalized spacial score (nSPS) is 9.87. The number of nitrogens with two attached hydrogens (primary N) is 1. The van der Waals surface area contributed by atoms with Gasteiger partial charge in [-0.3, -0.25) is 0 Å². The van der Waals surface area contributed by atoms with Gasteiger partial charge in [-0.05, 0) is 12.1 Å². The van der Waals surface area contributed by atoms with Gasteiger partial charge in [-0.25, -0.2) is 9.97 Å². The Balaban J connectivity index is 2.14. The first-order chi connectivity index (χ1) is 7.25. The third-order valence-electron chi connectivity index (χ3n) is 1.72. The molecule has 4 nitrogen and oxygen atoms in total. The van der Waals surface area contributed by atoms with E-state index in [1.165, 1.54) is 11.3 Å². The summed E-state index contributed by atoms with van der Waals surface area (Å²) in [6.45, 7) is 0. The second kappa shape index (κ2) is 4.33. The third kappa shape index (κ3) is 2.48. The molecule has 0 aliphatic rings. The maximum atomic E-state index is 5.46. The zero-order valence-corrected chi connectivity index (χ0v) is 9.31. The van der Waals surface area contributed by atoms with Crippen LogP contribution in [-0.4, -0.2) is 15.0 Å². The highest BCUT2D eigenvalue weighted by Crippen LogP contribution is 2.16. The molecular weight excluding hydrogens is 228 g/mol. The van der Waals surface area contributed by atoms with Crippen molar-refractivity contribution in [1.82, 2.24) is 9.97 Å². The average Bonchev–Trinajstić information content (AvgIpc) is 2.71. The molecule has 0 amide bonds. The summed E-state index contributed by atoms with van der Waals surface area (Å²) < 4.78 is 0. The quantitative estimate of drug-likeness (QED) is 0.797. The number of nitrogens with zero attached hydrogens (tertiary/aromatic N) is 2. The molecule has 76 valence electrons. The second-order valence-corrected chi connectivity index (χ2v) is 4.09. The molecule has 0 atom stereocenters. The number of thiazole rings is 1. The molecule has 0 saturated heterocycles. The summed E-state index contributed by atoms with van der Waals surface area (Å²) in [6, 6.07) is 3.64. The standard InChI is InChI=1S/C9H8N4S2/c10-8(14)6-1-2-7(12-5-6)13-9-11-3-4-15-9/h1-5H,(H2,10,14)(H,11,12,13). The molecule has 0 unspecified atom stereocenters. The summed E-state index contributed by atoms with van der Waals surface area (Å²) in [7, 11) is 0. The number of rotatable bonds is 3. The minimum atomic E-state index is 0.350. The molecule has 0 radical (unpaired) electrons. The highest BCUT2D eigenvalue weighted by atomic mass is 32.1. The molecule has 3 N–H and O–H groups in total. The number of hydrogen-bond acceptors (Lipinski definition) is 5. The van der Waals surface area contributed by atoms with Crippen LogP contribution in [0, 0.1) is 0 Å². The van der Waals surface area contributed by atoms with Crippen molar-refractivity contribution < 1.29 is 0 Å². The topological polar surface area (TPSA) is 63.8 Å². The zero-order chi connectivity index (χ0) is 10.7. The van der Waals surface area contributed by atoms with E-state index in [-0.39, 0.29) is 0 Å². The van der Waals surface area contributed by atoms with Gasteiger partial charge in [0.2, 0.25) is 0 Å². The lowest BCUT2D eigenvalue weighted by Crippen LogP contribution is -2.09. The number of pyridine rings is 1. The summed E-state index contributed by atoms with van der Waals surface area (Å²) in [5, 5.41) is 5.77. The SMILES string of the molecule is NC(=S)c1ccc(Nc2nccs2)nc1. The van der Waals surface area contributed by atoms with Crippen LogP contribution >= 0.6 is 23.6 Å². The Morgan fingerprint density at radius 3 is 2.80 bits per heavy atom. The van der Waals surface area contributed by atoms with E-state index >= 15 is 0 Å². The Morgan fingerprint density at radius 1 is 1.40 bits per heavy atom. The van der Waals surface area contributed by atoms with E-state index in [1.807, 2.05) is 17.5 Å². The van der Waals surface area contributed by atoms with E-state index in [4.69, 9.17) is 18.0 Å². The van der Waals surface area contributed by atoms with E-state index in [2.05, 4.69) is 15.3 Å². The molecule has 2 aromatic heterocycles.